The van der Waals surface area contributed by atoms with Crippen LogP contribution in [0.25, 0.3) is 21.7 Å². The van der Waals surface area contributed by atoms with Gasteiger partial charge >= 0.3 is 5.63 Å². The van der Waals surface area contributed by atoms with Crippen molar-refractivity contribution in [1.82, 2.24) is 0 Å². The van der Waals surface area contributed by atoms with Crippen molar-refractivity contribution >= 4 is 21.7 Å². The van der Waals surface area contributed by atoms with E-state index >= 15 is 0 Å². The third kappa shape index (κ3) is 1.15. The first kappa shape index (κ1) is 9.09. The Morgan fingerprint density at radius 2 is 1.69 bits per heavy atom. The predicted octanol–water partition coefficient (Wildman–Crippen LogP) is 3.09. The topological polar surface area (TPSA) is 30.2 Å². The van der Waals surface area contributed by atoms with Crippen molar-refractivity contribution in [1.29, 1.82) is 0 Å². The van der Waals surface area contributed by atoms with Crippen LogP contribution in [0.4, 0.5) is 4.39 Å². The lowest BCUT2D eigenvalue weighted by Gasteiger charge is -2.02. The standard InChI is InChI=1S/C13H7FO2/c14-10-6-3-7-11-12(10)8-4-1-2-5-9(8)13(15)16-11/h1-7H. The quantitative estimate of drug-likeness (QED) is 0.425. The molecule has 1 heterocycles. The van der Waals surface area contributed by atoms with Gasteiger partial charge in [0.15, 0.2) is 0 Å². The van der Waals surface area contributed by atoms with Crippen LogP contribution < -0.4 is 5.63 Å². The molecule has 0 aliphatic rings. The van der Waals surface area contributed by atoms with Crippen LogP contribution in [0, 0.1) is 5.82 Å². The minimum Gasteiger partial charge on any atom is -0.422 e. The Hall–Kier alpha value is -2.16. The normalized spacial score (nSPS) is 11.1. The van der Waals surface area contributed by atoms with Crippen LogP contribution in [0.1, 0.15) is 0 Å². The van der Waals surface area contributed by atoms with Gasteiger partial charge in [0.1, 0.15) is 11.4 Å². The van der Waals surface area contributed by atoms with Crippen molar-refractivity contribution in [3.05, 3.63) is 58.7 Å². The van der Waals surface area contributed by atoms with Crippen LogP contribution in [0.3, 0.4) is 0 Å². The van der Waals surface area contributed by atoms with Crippen molar-refractivity contribution in [2.24, 2.45) is 0 Å². The highest BCUT2D eigenvalue weighted by Crippen LogP contribution is 2.24. The Morgan fingerprint density at radius 3 is 2.50 bits per heavy atom. The molecule has 78 valence electrons. The molecule has 0 bridgehead atoms. The number of benzene rings is 2. The summed E-state index contributed by atoms with van der Waals surface area (Å²) in [6.07, 6.45) is 0. The molecule has 0 aliphatic heterocycles. The van der Waals surface area contributed by atoms with E-state index in [2.05, 4.69) is 0 Å². The monoisotopic (exact) mass is 214 g/mol. The minimum absolute atomic E-state index is 0.281. The Balaban J connectivity index is 2.72. The fourth-order valence-electron chi connectivity index (χ4n) is 1.88. The SMILES string of the molecule is O=c1oc2cccc(F)c2c2ccccc12. The molecule has 3 aromatic rings. The second kappa shape index (κ2) is 3.17. The van der Waals surface area contributed by atoms with Gasteiger partial charge in [0.2, 0.25) is 0 Å². The van der Waals surface area contributed by atoms with E-state index in [1.54, 1.807) is 30.3 Å². The Morgan fingerprint density at radius 1 is 0.938 bits per heavy atom. The van der Waals surface area contributed by atoms with Gasteiger partial charge in [-0.1, -0.05) is 24.3 Å². The van der Waals surface area contributed by atoms with Crippen molar-refractivity contribution in [3.63, 3.8) is 0 Å². The number of hydrogen-bond acceptors (Lipinski definition) is 2. The van der Waals surface area contributed by atoms with E-state index in [1.165, 1.54) is 12.1 Å². The second-order valence-electron chi connectivity index (χ2n) is 3.55. The lowest BCUT2D eigenvalue weighted by atomic mass is 10.1. The van der Waals surface area contributed by atoms with E-state index in [4.69, 9.17) is 4.42 Å². The summed E-state index contributed by atoms with van der Waals surface area (Å²) in [5, 5.41) is 1.35. The average molecular weight is 214 g/mol. The maximum Gasteiger partial charge on any atom is 0.344 e. The molecular weight excluding hydrogens is 207 g/mol. The number of fused-ring (bicyclic) bond motifs is 3. The van der Waals surface area contributed by atoms with Crippen molar-refractivity contribution in [2.45, 2.75) is 0 Å². The van der Waals surface area contributed by atoms with Gasteiger partial charge in [-0.3, -0.25) is 0 Å². The molecule has 0 N–H and O–H groups in total. The minimum atomic E-state index is -0.436. The van der Waals surface area contributed by atoms with E-state index in [1.807, 2.05) is 0 Å². The molecule has 0 fully saturated rings. The molecule has 3 rings (SSSR count). The van der Waals surface area contributed by atoms with Crippen LogP contribution in [0.5, 0.6) is 0 Å². The molecule has 0 radical (unpaired) electrons. The van der Waals surface area contributed by atoms with Gasteiger partial charge in [0, 0.05) is 5.39 Å². The summed E-state index contributed by atoms with van der Waals surface area (Å²) in [4.78, 5) is 11.6. The van der Waals surface area contributed by atoms with Gasteiger partial charge < -0.3 is 4.42 Å². The van der Waals surface area contributed by atoms with Gasteiger partial charge in [-0.2, -0.15) is 0 Å². The van der Waals surface area contributed by atoms with Crippen molar-refractivity contribution < 1.29 is 8.81 Å². The van der Waals surface area contributed by atoms with Gasteiger partial charge in [-0.05, 0) is 18.2 Å². The highest BCUT2D eigenvalue weighted by molar-refractivity contribution is 6.04. The van der Waals surface area contributed by atoms with Crippen LogP contribution >= 0.6 is 0 Å². The zero-order valence-corrected chi connectivity index (χ0v) is 8.24. The van der Waals surface area contributed by atoms with Crippen molar-refractivity contribution in [2.75, 3.05) is 0 Å². The summed E-state index contributed by atoms with van der Waals surface area (Å²) >= 11 is 0. The molecule has 2 aromatic carbocycles. The third-order valence-electron chi connectivity index (χ3n) is 2.59. The van der Waals surface area contributed by atoms with Gasteiger partial charge in [-0.15, -0.1) is 0 Å². The fourth-order valence-corrected chi connectivity index (χ4v) is 1.88. The second-order valence-corrected chi connectivity index (χ2v) is 3.55. The fraction of sp³-hybridized carbons (Fsp3) is 0. The lowest BCUT2D eigenvalue weighted by molar-refractivity contribution is 0.564. The highest BCUT2D eigenvalue weighted by Gasteiger charge is 2.09. The zero-order valence-electron chi connectivity index (χ0n) is 8.24. The first-order valence-electron chi connectivity index (χ1n) is 4.87. The molecule has 0 spiro atoms. The van der Waals surface area contributed by atoms with Gasteiger partial charge in [-0.25, -0.2) is 9.18 Å². The van der Waals surface area contributed by atoms with Crippen molar-refractivity contribution in [3.8, 4) is 0 Å². The van der Waals surface area contributed by atoms with Crippen LogP contribution in [-0.2, 0) is 0 Å². The van der Waals surface area contributed by atoms with Crippen LogP contribution in [-0.4, -0.2) is 0 Å². The number of rotatable bonds is 0. The van der Waals surface area contributed by atoms with E-state index < -0.39 is 5.63 Å². The molecule has 1 aromatic heterocycles. The molecule has 0 amide bonds. The summed E-state index contributed by atoms with van der Waals surface area (Å²) in [5.74, 6) is -0.377. The summed E-state index contributed by atoms with van der Waals surface area (Å²) < 4.78 is 18.7. The molecule has 2 nitrogen and oxygen atoms in total. The first-order chi connectivity index (χ1) is 7.77. The maximum atomic E-state index is 13.7. The molecule has 0 atom stereocenters. The molecule has 3 heteroatoms. The zero-order chi connectivity index (χ0) is 11.1. The maximum absolute atomic E-state index is 13.7. The Labute approximate surface area is 89.9 Å². The van der Waals surface area contributed by atoms with E-state index in [0.29, 0.717) is 16.2 Å². The molecule has 0 aliphatic carbocycles. The number of hydrogen-bond donors (Lipinski definition) is 0. The van der Waals surface area contributed by atoms with Gasteiger partial charge in [0.25, 0.3) is 0 Å². The lowest BCUT2D eigenvalue weighted by Crippen LogP contribution is -2.00. The summed E-state index contributed by atoms with van der Waals surface area (Å²) in [5.41, 5.74) is -0.155. The average Bonchev–Trinajstić information content (AvgIpc) is 2.29. The molecule has 0 unspecified atom stereocenters. The highest BCUT2D eigenvalue weighted by atomic mass is 19.1. The van der Waals surface area contributed by atoms with Crippen LogP contribution in [0.15, 0.2) is 51.7 Å². The predicted molar refractivity (Wildman–Crippen MR) is 59.9 cm³/mol. The summed E-state index contributed by atoms with van der Waals surface area (Å²) in [6.45, 7) is 0. The van der Waals surface area contributed by atoms with E-state index in [9.17, 15) is 9.18 Å². The molecule has 16 heavy (non-hydrogen) atoms. The third-order valence-corrected chi connectivity index (χ3v) is 2.59. The van der Waals surface area contributed by atoms with Gasteiger partial charge in [0.05, 0.1) is 10.8 Å². The Kier molecular flexibility index (Phi) is 1.80. The first-order valence-corrected chi connectivity index (χ1v) is 4.87. The number of halogens is 1. The summed E-state index contributed by atoms with van der Waals surface area (Å²) in [6, 6.07) is 11.3. The Bertz CT molecular complexity index is 744. The largest absolute Gasteiger partial charge is 0.422 e. The van der Waals surface area contributed by atoms with E-state index in [-0.39, 0.29) is 11.4 Å². The molecule has 0 saturated heterocycles. The van der Waals surface area contributed by atoms with Crippen LogP contribution in [0.2, 0.25) is 0 Å². The molecular formula is C13H7FO2. The molecule has 0 saturated carbocycles. The smallest absolute Gasteiger partial charge is 0.344 e. The van der Waals surface area contributed by atoms with E-state index in [0.717, 1.165) is 0 Å². The summed E-state index contributed by atoms with van der Waals surface area (Å²) in [7, 11) is 0.